The molecule has 0 atom stereocenters. The first-order chi connectivity index (χ1) is 21.3. The monoisotopic (exact) mass is 549 g/mol. The van der Waals surface area contributed by atoms with Crippen LogP contribution in [0.1, 0.15) is 11.1 Å². The van der Waals surface area contributed by atoms with E-state index in [1.807, 2.05) is 24.3 Å². The Balaban J connectivity index is 1.26. The Hall–Kier alpha value is -5.67. The van der Waals surface area contributed by atoms with Crippen molar-refractivity contribution in [3.63, 3.8) is 0 Å². The molecule has 43 heavy (non-hydrogen) atoms. The van der Waals surface area contributed by atoms with Crippen molar-refractivity contribution in [1.29, 1.82) is 0 Å². The van der Waals surface area contributed by atoms with Crippen LogP contribution in [0.2, 0.25) is 0 Å². The third-order valence-corrected chi connectivity index (χ3v) is 8.24. The van der Waals surface area contributed by atoms with Crippen LogP contribution >= 0.6 is 0 Å². The summed E-state index contributed by atoms with van der Waals surface area (Å²) in [4.78, 5) is 15.1. The zero-order valence-electron chi connectivity index (χ0n) is 23.5. The van der Waals surface area contributed by atoms with Crippen molar-refractivity contribution in [3.05, 3.63) is 163 Å². The van der Waals surface area contributed by atoms with Crippen molar-refractivity contribution in [1.82, 2.24) is 15.0 Å². The van der Waals surface area contributed by atoms with Gasteiger partial charge in [0.05, 0.1) is 0 Å². The maximum atomic E-state index is 5.10. The largest absolute Gasteiger partial charge is 0.208 e. The van der Waals surface area contributed by atoms with Crippen molar-refractivity contribution in [2.45, 2.75) is 6.42 Å². The van der Waals surface area contributed by atoms with E-state index >= 15 is 0 Å². The third kappa shape index (κ3) is 4.61. The van der Waals surface area contributed by atoms with Gasteiger partial charge in [0.1, 0.15) is 0 Å². The highest BCUT2D eigenvalue weighted by molar-refractivity contribution is 5.88. The van der Waals surface area contributed by atoms with Crippen LogP contribution in [-0.2, 0) is 6.42 Å². The second-order valence-electron chi connectivity index (χ2n) is 10.8. The van der Waals surface area contributed by atoms with Gasteiger partial charge in [-0.15, -0.1) is 0 Å². The summed E-state index contributed by atoms with van der Waals surface area (Å²) in [5, 5.41) is 0. The summed E-state index contributed by atoms with van der Waals surface area (Å²) >= 11 is 0. The molecule has 6 aromatic carbocycles. The number of hydrogen-bond donors (Lipinski definition) is 0. The zero-order chi connectivity index (χ0) is 28.6. The van der Waals surface area contributed by atoms with Gasteiger partial charge in [0.25, 0.3) is 0 Å². The molecular formula is C40H27N3. The fraction of sp³-hybridized carbons (Fsp3) is 0.0250. The maximum absolute atomic E-state index is 5.10. The van der Waals surface area contributed by atoms with E-state index < -0.39 is 0 Å². The quantitative estimate of drug-likeness (QED) is 0.214. The van der Waals surface area contributed by atoms with Gasteiger partial charge < -0.3 is 0 Å². The average molecular weight is 550 g/mol. The predicted octanol–water partition coefficient (Wildman–Crippen LogP) is 9.78. The van der Waals surface area contributed by atoms with E-state index in [2.05, 4.69) is 127 Å². The Morgan fingerprint density at radius 1 is 0.279 bits per heavy atom. The molecule has 0 saturated carbocycles. The summed E-state index contributed by atoms with van der Waals surface area (Å²) in [5.41, 5.74) is 13.0. The molecule has 7 aromatic rings. The van der Waals surface area contributed by atoms with E-state index in [-0.39, 0.29) is 0 Å². The van der Waals surface area contributed by atoms with Gasteiger partial charge in [-0.25, -0.2) is 15.0 Å². The maximum Gasteiger partial charge on any atom is 0.164 e. The van der Waals surface area contributed by atoms with Crippen molar-refractivity contribution >= 4 is 0 Å². The normalized spacial score (nSPS) is 11.6. The molecule has 0 radical (unpaired) electrons. The van der Waals surface area contributed by atoms with Crippen molar-refractivity contribution < 1.29 is 0 Å². The smallest absolute Gasteiger partial charge is 0.164 e. The summed E-state index contributed by atoms with van der Waals surface area (Å²) in [7, 11) is 0. The first-order valence-electron chi connectivity index (χ1n) is 14.6. The van der Waals surface area contributed by atoms with E-state index in [0.717, 1.165) is 28.7 Å². The Bertz CT molecular complexity index is 2070. The molecule has 0 aliphatic heterocycles. The van der Waals surface area contributed by atoms with Gasteiger partial charge in [-0.3, -0.25) is 0 Å². The van der Waals surface area contributed by atoms with Crippen molar-refractivity contribution in [2.24, 2.45) is 0 Å². The highest BCUT2D eigenvalue weighted by atomic mass is 15.0. The molecule has 0 fully saturated rings. The molecule has 1 aromatic heterocycles. The molecule has 0 saturated heterocycles. The highest BCUT2D eigenvalue weighted by Crippen LogP contribution is 2.45. The van der Waals surface area contributed by atoms with E-state index in [9.17, 15) is 0 Å². The van der Waals surface area contributed by atoms with Gasteiger partial charge in [0.2, 0.25) is 0 Å². The summed E-state index contributed by atoms with van der Waals surface area (Å²) < 4.78 is 0. The van der Waals surface area contributed by atoms with E-state index in [0.29, 0.717) is 17.5 Å². The molecule has 0 bridgehead atoms. The molecule has 1 aliphatic rings. The van der Waals surface area contributed by atoms with Gasteiger partial charge in [-0.1, -0.05) is 152 Å². The minimum absolute atomic E-state index is 0.668. The number of nitrogens with zero attached hydrogens (tertiary/aromatic N) is 3. The molecule has 1 aliphatic carbocycles. The number of aromatic nitrogens is 3. The highest BCUT2D eigenvalue weighted by Gasteiger charge is 2.26. The molecule has 202 valence electrons. The van der Waals surface area contributed by atoms with Gasteiger partial charge in [-0.05, 0) is 44.5 Å². The Labute approximate surface area is 251 Å². The summed E-state index contributed by atoms with van der Waals surface area (Å²) in [5.74, 6) is 2.04. The zero-order valence-corrected chi connectivity index (χ0v) is 23.5. The van der Waals surface area contributed by atoms with E-state index in [4.69, 9.17) is 15.0 Å². The van der Waals surface area contributed by atoms with E-state index in [1.165, 1.54) is 38.9 Å². The lowest BCUT2D eigenvalue weighted by atomic mass is 9.96. The number of benzene rings is 6. The molecule has 3 heteroatoms. The minimum atomic E-state index is 0.668. The minimum Gasteiger partial charge on any atom is -0.208 e. The number of fused-ring (bicyclic) bond motifs is 3. The van der Waals surface area contributed by atoms with Gasteiger partial charge in [0, 0.05) is 23.1 Å². The molecule has 0 unspecified atom stereocenters. The van der Waals surface area contributed by atoms with Crippen LogP contribution in [-0.4, -0.2) is 15.0 Å². The van der Waals surface area contributed by atoms with Gasteiger partial charge in [0.15, 0.2) is 17.5 Å². The van der Waals surface area contributed by atoms with Crippen LogP contribution in [0.3, 0.4) is 0 Å². The van der Waals surface area contributed by atoms with Crippen LogP contribution in [0, 0.1) is 0 Å². The van der Waals surface area contributed by atoms with E-state index in [1.54, 1.807) is 0 Å². The molecule has 8 rings (SSSR count). The van der Waals surface area contributed by atoms with Gasteiger partial charge in [-0.2, -0.15) is 0 Å². The Morgan fingerprint density at radius 2 is 0.674 bits per heavy atom. The average Bonchev–Trinajstić information content (AvgIpc) is 3.48. The first-order valence-corrected chi connectivity index (χ1v) is 14.6. The SMILES string of the molecule is c1ccc(-c2ccc(-c3nc(-c4ccccc4)nc(-c4cccc5c4Cc4c(-c6ccccc6)cccc4-5)n3)cc2)cc1. The summed E-state index contributed by atoms with van der Waals surface area (Å²) in [6.07, 6.45) is 0.833. The lowest BCUT2D eigenvalue weighted by Gasteiger charge is -2.12. The molecule has 1 heterocycles. The Kier molecular flexibility index (Phi) is 6.20. The second-order valence-corrected chi connectivity index (χ2v) is 10.8. The topological polar surface area (TPSA) is 38.7 Å². The van der Waals surface area contributed by atoms with Crippen LogP contribution in [0.5, 0.6) is 0 Å². The van der Waals surface area contributed by atoms with Crippen LogP contribution < -0.4 is 0 Å². The fourth-order valence-corrected chi connectivity index (χ4v) is 6.12. The summed E-state index contributed by atoms with van der Waals surface area (Å²) in [6.45, 7) is 0. The molecule has 0 N–H and O–H groups in total. The first kappa shape index (κ1) is 25.1. The molecule has 0 amide bonds. The molecule has 0 spiro atoms. The number of rotatable bonds is 5. The Morgan fingerprint density at radius 3 is 1.28 bits per heavy atom. The molecular weight excluding hydrogens is 522 g/mol. The van der Waals surface area contributed by atoms with Crippen LogP contribution in [0.15, 0.2) is 152 Å². The number of hydrogen-bond acceptors (Lipinski definition) is 3. The lowest BCUT2D eigenvalue weighted by molar-refractivity contribution is 1.07. The third-order valence-electron chi connectivity index (χ3n) is 8.24. The molecule has 3 nitrogen and oxygen atoms in total. The predicted molar refractivity (Wildman–Crippen MR) is 175 cm³/mol. The fourth-order valence-electron chi connectivity index (χ4n) is 6.12. The summed E-state index contributed by atoms with van der Waals surface area (Å²) in [6, 6.07) is 52.8. The standard InChI is InChI=1S/C40H27N3/c1-4-12-27(13-5-1)28-22-24-31(25-23-28)39-41-38(30-16-8-3-9-17-30)42-40(43-39)35-21-11-20-34-33-19-10-18-32(36(33)26-37(34)35)29-14-6-2-7-15-29/h1-25H,26H2. The van der Waals surface area contributed by atoms with Gasteiger partial charge >= 0.3 is 0 Å². The van der Waals surface area contributed by atoms with Crippen LogP contribution in [0.4, 0.5) is 0 Å². The second kappa shape index (κ2) is 10.6. The van der Waals surface area contributed by atoms with Crippen LogP contribution in [0.25, 0.3) is 67.5 Å². The van der Waals surface area contributed by atoms with Crippen molar-refractivity contribution in [2.75, 3.05) is 0 Å². The van der Waals surface area contributed by atoms with Crippen molar-refractivity contribution in [3.8, 4) is 67.5 Å². The lowest BCUT2D eigenvalue weighted by Crippen LogP contribution is -2.01.